The summed E-state index contributed by atoms with van der Waals surface area (Å²) in [6.07, 6.45) is 1.65. The minimum absolute atomic E-state index is 0.325. The van der Waals surface area contributed by atoms with Crippen molar-refractivity contribution in [2.75, 3.05) is 31.2 Å². The summed E-state index contributed by atoms with van der Waals surface area (Å²) in [5.41, 5.74) is 0.356. The second-order valence-corrected chi connectivity index (χ2v) is 4.98. The summed E-state index contributed by atoms with van der Waals surface area (Å²) in [7, 11) is 0. The number of ether oxygens (including phenoxy) is 1. The van der Waals surface area contributed by atoms with Gasteiger partial charge in [-0.2, -0.15) is 0 Å². The predicted molar refractivity (Wildman–Crippen MR) is 71.3 cm³/mol. The standard InChI is InChI=1S/C12H13N3O3S/c16-14-11(9-2-1-7-19-9)12-13-8-10(18-12)15-3-5-17-6-4-15/h1-2,7-8,16H,3-6H2/b14-11+. The third-order valence-corrected chi connectivity index (χ3v) is 3.75. The normalized spacial score (nSPS) is 16.8. The Morgan fingerprint density at radius 1 is 1.42 bits per heavy atom. The summed E-state index contributed by atoms with van der Waals surface area (Å²) >= 11 is 1.47. The van der Waals surface area contributed by atoms with Crippen molar-refractivity contribution in [3.63, 3.8) is 0 Å². The second kappa shape index (κ2) is 5.41. The Kier molecular flexibility index (Phi) is 3.47. The molecule has 100 valence electrons. The molecule has 1 fully saturated rings. The Balaban J connectivity index is 1.84. The van der Waals surface area contributed by atoms with Gasteiger partial charge in [-0.15, -0.1) is 11.3 Å². The van der Waals surface area contributed by atoms with Gasteiger partial charge in [0.2, 0.25) is 5.88 Å². The lowest BCUT2D eigenvalue weighted by atomic mass is 10.3. The summed E-state index contributed by atoms with van der Waals surface area (Å²) < 4.78 is 11.0. The fraction of sp³-hybridized carbons (Fsp3) is 0.333. The van der Waals surface area contributed by atoms with Gasteiger partial charge in [-0.25, -0.2) is 4.98 Å². The van der Waals surface area contributed by atoms with Crippen LogP contribution in [0.5, 0.6) is 0 Å². The van der Waals surface area contributed by atoms with Gasteiger partial charge in [0.05, 0.1) is 24.3 Å². The average molecular weight is 279 g/mol. The first-order chi connectivity index (χ1) is 9.38. The Morgan fingerprint density at radius 2 is 2.26 bits per heavy atom. The van der Waals surface area contributed by atoms with Gasteiger partial charge in [0.15, 0.2) is 5.71 Å². The van der Waals surface area contributed by atoms with Crippen LogP contribution in [0.25, 0.3) is 0 Å². The van der Waals surface area contributed by atoms with Crippen molar-refractivity contribution >= 4 is 22.9 Å². The molecule has 3 rings (SSSR count). The van der Waals surface area contributed by atoms with Crippen molar-refractivity contribution in [3.8, 4) is 0 Å². The van der Waals surface area contributed by atoms with E-state index < -0.39 is 0 Å². The molecule has 0 aromatic carbocycles. The third kappa shape index (κ3) is 2.47. The van der Waals surface area contributed by atoms with E-state index in [1.807, 2.05) is 17.5 Å². The first-order valence-electron chi connectivity index (χ1n) is 5.93. The molecule has 0 spiro atoms. The summed E-state index contributed by atoms with van der Waals surface area (Å²) in [6, 6.07) is 3.75. The first-order valence-corrected chi connectivity index (χ1v) is 6.81. The van der Waals surface area contributed by atoms with Crippen LogP contribution in [-0.2, 0) is 4.74 Å². The highest BCUT2D eigenvalue weighted by Gasteiger charge is 2.19. The van der Waals surface area contributed by atoms with E-state index in [0.29, 0.717) is 30.7 Å². The first kappa shape index (κ1) is 12.2. The fourth-order valence-corrected chi connectivity index (χ4v) is 2.62. The highest BCUT2D eigenvalue weighted by atomic mass is 32.1. The molecule has 0 saturated carbocycles. The lowest BCUT2D eigenvalue weighted by Gasteiger charge is -2.25. The molecule has 7 heteroatoms. The molecule has 19 heavy (non-hydrogen) atoms. The van der Waals surface area contributed by atoms with Crippen LogP contribution < -0.4 is 4.90 Å². The van der Waals surface area contributed by atoms with Crippen molar-refractivity contribution in [1.29, 1.82) is 0 Å². The van der Waals surface area contributed by atoms with Crippen LogP contribution in [0.1, 0.15) is 10.8 Å². The molecule has 2 aromatic heterocycles. The SMILES string of the molecule is O/N=C(/c1ncc(N2CCOCC2)o1)c1cccs1. The number of nitrogens with zero attached hydrogens (tertiary/aromatic N) is 3. The fourth-order valence-electron chi connectivity index (χ4n) is 1.92. The van der Waals surface area contributed by atoms with E-state index in [-0.39, 0.29) is 0 Å². The van der Waals surface area contributed by atoms with E-state index in [1.54, 1.807) is 6.20 Å². The minimum atomic E-state index is 0.325. The van der Waals surface area contributed by atoms with E-state index in [4.69, 9.17) is 14.4 Å². The zero-order valence-corrected chi connectivity index (χ0v) is 11.0. The second-order valence-electron chi connectivity index (χ2n) is 4.03. The Hall–Kier alpha value is -1.86. The number of oxime groups is 1. The molecule has 1 aliphatic rings. The molecule has 1 aliphatic heterocycles. The molecule has 3 heterocycles. The zero-order chi connectivity index (χ0) is 13.1. The number of oxazole rings is 1. The van der Waals surface area contributed by atoms with Gasteiger partial charge in [0.25, 0.3) is 5.89 Å². The van der Waals surface area contributed by atoms with Gasteiger partial charge < -0.3 is 19.3 Å². The highest BCUT2D eigenvalue weighted by molar-refractivity contribution is 7.12. The maximum atomic E-state index is 9.13. The van der Waals surface area contributed by atoms with E-state index in [2.05, 4.69) is 15.0 Å². The van der Waals surface area contributed by atoms with Crippen molar-refractivity contribution in [2.45, 2.75) is 0 Å². The lowest BCUT2D eigenvalue weighted by molar-refractivity contribution is 0.120. The van der Waals surface area contributed by atoms with Gasteiger partial charge >= 0.3 is 0 Å². The van der Waals surface area contributed by atoms with Gasteiger partial charge in [0.1, 0.15) is 0 Å². The van der Waals surface area contributed by atoms with Crippen LogP contribution in [-0.4, -0.2) is 42.2 Å². The Bertz CT molecular complexity index is 559. The molecule has 0 radical (unpaired) electrons. The molecule has 0 aliphatic carbocycles. The van der Waals surface area contributed by atoms with E-state index in [9.17, 15) is 0 Å². The van der Waals surface area contributed by atoms with E-state index in [0.717, 1.165) is 18.0 Å². The topological polar surface area (TPSA) is 71.1 Å². The highest BCUT2D eigenvalue weighted by Crippen LogP contribution is 2.21. The number of morpholine rings is 1. The number of aromatic nitrogens is 1. The summed E-state index contributed by atoms with van der Waals surface area (Å²) in [6.45, 7) is 2.92. The summed E-state index contributed by atoms with van der Waals surface area (Å²) in [5.74, 6) is 1.00. The minimum Gasteiger partial charge on any atom is -0.419 e. The van der Waals surface area contributed by atoms with Crippen LogP contribution in [0, 0.1) is 0 Å². The van der Waals surface area contributed by atoms with Crippen molar-refractivity contribution in [3.05, 3.63) is 34.5 Å². The molecule has 6 nitrogen and oxygen atoms in total. The van der Waals surface area contributed by atoms with Gasteiger partial charge in [-0.1, -0.05) is 11.2 Å². The lowest BCUT2D eigenvalue weighted by Crippen LogP contribution is -2.35. The summed E-state index contributed by atoms with van der Waals surface area (Å²) in [5, 5.41) is 14.3. The molecule has 0 bridgehead atoms. The van der Waals surface area contributed by atoms with Gasteiger partial charge in [-0.05, 0) is 11.4 Å². The zero-order valence-electron chi connectivity index (χ0n) is 10.2. The number of hydrogen-bond donors (Lipinski definition) is 1. The maximum absolute atomic E-state index is 9.13. The Labute approximate surface area is 113 Å². The van der Waals surface area contributed by atoms with Crippen LogP contribution in [0.3, 0.4) is 0 Å². The number of rotatable bonds is 3. The molecule has 1 N–H and O–H groups in total. The number of hydrogen-bond acceptors (Lipinski definition) is 7. The molecular formula is C12H13N3O3S. The molecule has 1 saturated heterocycles. The van der Waals surface area contributed by atoms with Crippen LogP contribution in [0.2, 0.25) is 0 Å². The maximum Gasteiger partial charge on any atom is 0.252 e. The van der Waals surface area contributed by atoms with Crippen LogP contribution in [0.15, 0.2) is 33.3 Å². The number of thiophene rings is 1. The average Bonchev–Trinajstić information content (AvgIpc) is 3.12. The van der Waals surface area contributed by atoms with Crippen LogP contribution >= 0.6 is 11.3 Å². The monoisotopic (exact) mass is 279 g/mol. The molecule has 0 unspecified atom stereocenters. The van der Waals surface area contributed by atoms with Crippen molar-refractivity contribution in [2.24, 2.45) is 5.16 Å². The van der Waals surface area contributed by atoms with Gasteiger partial charge in [-0.3, -0.25) is 0 Å². The van der Waals surface area contributed by atoms with Crippen molar-refractivity contribution < 1.29 is 14.4 Å². The molecule has 0 amide bonds. The van der Waals surface area contributed by atoms with E-state index >= 15 is 0 Å². The summed E-state index contributed by atoms with van der Waals surface area (Å²) in [4.78, 5) is 7.06. The number of anilines is 1. The quantitative estimate of drug-likeness (QED) is 0.527. The molecule has 2 aromatic rings. The largest absolute Gasteiger partial charge is 0.419 e. The smallest absolute Gasteiger partial charge is 0.252 e. The molecular weight excluding hydrogens is 266 g/mol. The predicted octanol–water partition coefficient (Wildman–Crippen LogP) is 1.80. The Morgan fingerprint density at radius 3 is 2.95 bits per heavy atom. The van der Waals surface area contributed by atoms with Crippen molar-refractivity contribution in [1.82, 2.24) is 4.98 Å². The third-order valence-electron chi connectivity index (χ3n) is 2.87. The molecule has 0 atom stereocenters. The van der Waals surface area contributed by atoms with Gasteiger partial charge in [0, 0.05) is 13.1 Å². The van der Waals surface area contributed by atoms with Crippen LogP contribution in [0.4, 0.5) is 5.88 Å². The van der Waals surface area contributed by atoms with E-state index in [1.165, 1.54) is 11.3 Å².